The number of nitrogens with zero attached hydrogens (tertiary/aromatic N) is 1. The summed E-state index contributed by atoms with van der Waals surface area (Å²) in [7, 11) is 0. The van der Waals surface area contributed by atoms with Crippen molar-refractivity contribution in [3.05, 3.63) is 0 Å². The molecular formula is C14H26N2. The quantitative estimate of drug-likeness (QED) is 0.768. The smallest absolute Gasteiger partial charge is 0.0210 e. The van der Waals surface area contributed by atoms with Gasteiger partial charge in [-0.25, -0.2) is 0 Å². The number of hydrogen-bond donors (Lipinski definition) is 1. The van der Waals surface area contributed by atoms with Gasteiger partial charge in [0.05, 0.1) is 0 Å². The Morgan fingerprint density at radius 3 is 2.62 bits per heavy atom. The van der Waals surface area contributed by atoms with Gasteiger partial charge < -0.3 is 5.32 Å². The van der Waals surface area contributed by atoms with Crippen molar-refractivity contribution in [1.82, 2.24) is 10.2 Å². The average molecular weight is 222 g/mol. The van der Waals surface area contributed by atoms with Crippen LogP contribution in [-0.4, -0.2) is 36.1 Å². The minimum absolute atomic E-state index is 0.788. The van der Waals surface area contributed by atoms with Gasteiger partial charge in [-0.2, -0.15) is 0 Å². The fraction of sp³-hybridized carbons (Fsp3) is 1.00. The molecule has 0 aromatic rings. The molecule has 0 spiro atoms. The standard InChI is InChI=1S/C14H26N2/c1-11-9-13(10-16(11)14-5-6-14)15-8-7-12-3-2-4-12/h11-15H,2-10H2,1H3. The van der Waals surface area contributed by atoms with Crippen molar-refractivity contribution in [2.75, 3.05) is 13.1 Å². The summed E-state index contributed by atoms with van der Waals surface area (Å²) in [6, 6.07) is 2.57. The lowest BCUT2D eigenvalue weighted by atomic mass is 9.83. The first-order valence-electron chi connectivity index (χ1n) is 7.32. The predicted octanol–water partition coefficient (Wildman–Crippen LogP) is 2.39. The number of rotatable bonds is 5. The molecule has 1 N–H and O–H groups in total. The summed E-state index contributed by atoms with van der Waals surface area (Å²) in [5, 5.41) is 3.78. The molecule has 1 heterocycles. The second-order valence-electron chi connectivity index (χ2n) is 6.25. The van der Waals surface area contributed by atoms with Crippen LogP contribution in [0.1, 0.15) is 51.9 Å². The molecule has 16 heavy (non-hydrogen) atoms. The van der Waals surface area contributed by atoms with Gasteiger partial charge in [-0.05, 0) is 45.1 Å². The van der Waals surface area contributed by atoms with Gasteiger partial charge >= 0.3 is 0 Å². The van der Waals surface area contributed by atoms with Crippen LogP contribution in [0, 0.1) is 5.92 Å². The Bertz CT molecular complexity index is 233. The minimum atomic E-state index is 0.788. The van der Waals surface area contributed by atoms with Crippen LogP contribution in [-0.2, 0) is 0 Å². The number of nitrogens with one attached hydrogen (secondary N) is 1. The molecule has 3 fully saturated rings. The van der Waals surface area contributed by atoms with Crippen LogP contribution in [0.15, 0.2) is 0 Å². The van der Waals surface area contributed by atoms with E-state index in [-0.39, 0.29) is 0 Å². The zero-order chi connectivity index (χ0) is 11.0. The molecule has 1 aliphatic heterocycles. The molecule has 2 nitrogen and oxygen atoms in total. The van der Waals surface area contributed by atoms with E-state index in [0.29, 0.717) is 0 Å². The summed E-state index contributed by atoms with van der Waals surface area (Å²) < 4.78 is 0. The largest absolute Gasteiger partial charge is 0.313 e. The molecule has 2 heteroatoms. The van der Waals surface area contributed by atoms with Gasteiger partial charge in [0.25, 0.3) is 0 Å². The third kappa shape index (κ3) is 2.43. The molecule has 2 aliphatic carbocycles. The molecule has 0 aromatic carbocycles. The zero-order valence-corrected chi connectivity index (χ0v) is 10.6. The second-order valence-corrected chi connectivity index (χ2v) is 6.25. The number of hydrogen-bond acceptors (Lipinski definition) is 2. The molecule has 0 bridgehead atoms. The second kappa shape index (κ2) is 4.66. The van der Waals surface area contributed by atoms with Crippen molar-refractivity contribution in [2.24, 2.45) is 5.92 Å². The number of likely N-dealkylation sites (tertiary alicyclic amines) is 1. The summed E-state index contributed by atoms with van der Waals surface area (Å²) >= 11 is 0. The Labute approximate surface area is 99.8 Å². The van der Waals surface area contributed by atoms with E-state index in [4.69, 9.17) is 0 Å². The Morgan fingerprint density at radius 1 is 1.19 bits per heavy atom. The molecular weight excluding hydrogens is 196 g/mol. The van der Waals surface area contributed by atoms with Crippen LogP contribution in [0.25, 0.3) is 0 Å². The van der Waals surface area contributed by atoms with Crippen molar-refractivity contribution >= 4 is 0 Å². The molecule has 2 atom stereocenters. The van der Waals surface area contributed by atoms with E-state index >= 15 is 0 Å². The van der Waals surface area contributed by atoms with Crippen molar-refractivity contribution in [1.29, 1.82) is 0 Å². The molecule has 2 unspecified atom stereocenters. The van der Waals surface area contributed by atoms with Gasteiger partial charge in [0.1, 0.15) is 0 Å². The fourth-order valence-electron chi connectivity index (χ4n) is 3.39. The van der Waals surface area contributed by atoms with Gasteiger partial charge in [0.15, 0.2) is 0 Å². The van der Waals surface area contributed by atoms with Gasteiger partial charge in [-0.15, -0.1) is 0 Å². The Hall–Kier alpha value is -0.0800. The van der Waals surface area contributed by atoms with E-state index in [1.165, 1.54) is 58.0 Å². The highest BCUT2D eigenvalue weighted by Crippen LogP contribution is 2.33. The molecule has 92 valence electrons. The molecule has 0 amide bonds. The van der Waals surface area contributed by atoms with E-state index in [1.807, 2.05) is 0 Å². The molecule has 0 aromatic heterocycles. The summed E-state index contributed by atoms with van der Waals surface area (Å²) in [5.74, 6) is 1.06. The third-order valence-corrected chi connectivity index (χ3v) is 4.85. The van der Waals surface area contributed by atoms with Crippen LogP contribution in [0.2, 0.25) is 0 Å². The Kier molecular flexibility index (Phi) is 3.21. The summed E-state index contributed by atoms with van der Waals surface area (Å²) in [5.41, 5.74) is 0. The van der Waals surface area contributed by atoms with Crippen molar-refractivity contribution in [3.8, 4) is 0 Å². The monoisotopic (exact) mass is 222 g/mol. The average Bonchev–Trinajstić information content (AvgIpc) is 2.96. The lowest BCUT2D eigenvalue weighted by Crippen LogP contribution is -2.35. The highest BCUT2D eigenvalue weighted by Gasteiger charge is 2.38. The van der Waals surface area contributed by atoms with Gasteiger partial charge in [0.2, 0.25) is 0 Å². The topological polar surface area (TPSA) is 15.3 Å². The van der Waals surface area contributed by atoms with Crippen LogP contribution in [0.3, 0.4) is 0 Å². The Morgan fingerprint density at radius 2 is 2.00 bits per heavy atom. The van der Waals surface area contributed by atoms with Gasteiger partial charge in [-0.3, -0.25) is 4.90 Å². The maximum Gasteiger partial charge on any atom is 0.0210 e. The van der Waals surface area contributed by atoms with Crippen LogP contribution in [0.4, 0.5) is 0 Å². The van der Waals surface area contributed by atoms with E-state index in [1.54, 1.807) is 0 Å². The zero-order valence-electron chi connectivity index (χ0n) is 10.6. The third-order valence-electron chi connectivity index (χ3n) is 4.85. The molecule has 3 aliphatic rings. The maximum atomic E-state index is 3.78. The van der Waals surface area contributed by atoms with Crippen LogP contribution >= 0.6 is 0 Å². The van der Waals surface area contributed by atoms with E-state index < -0.39 is 0 Å². The lowest BCUT2D eigenvalue weighted by molar-refractivity contribution is 0.253. The predicted molar refractivity (Wildman–Crippen MR) is 67.6 cm³/mol. The van der Waals surface area contributed by atoms with Crippen molar-refractivity contribution in [2.45, 2.75) is 70.0 Å². The lowest BCUT2D eigenvalue weighted by Gasteiger charge is -2.26. The minimum Gasteiger partial charge on any atom is -0.313 e. The van der Waals surface area contributed by atoms with Crippen molar-refractivity contribution < 1.29 is 0 Å². The molecule has 0 radical (unpaired) electrons. The summed E-state index contributed by atoms with van der Waals surface area (Å²) in [6.45, 7) is 4.99. The van der Waals surface area contributed by atoms with E-state index in [2.05, 4.69) is 17.1 Å². The van der Waals surface area contributed by atoms with Crippen molar-refractivity contribution in [3.63, 3.8) is 0 Å². The van der Waals surface area contributed by atoms with E-state index in [0.717, 1.165) is 24.0 Å². The molecule has 2 saturated carbocycles. The van der Waals surface area contributed by atoms with Crippen LogP contribution in [0.5, 0.6) is 0 Å². The molecule has 1 saturated heterocycles. The fourth-order valence-corrected chi connectivity index (χ4v) is 3.39. The SMILES string of the molecule is CC1CC(NCCC2CCC2)CN1C1CC1. The maximum absolute atomic E-state index is 3.78. The summed E-state index contributed by atoms with van der Waals surface area (Å²) in [4.78, 5) is 2.74. The van der Waals surface area contributed by atoms with Crippen LogP contribution < -0.4 is 5.32 Å². The highest BCUT2D eigenvalue weighted by atomic mass is 15.3. The first-order chi connectivity index (χ1) is 7.83. The normalized spacial score (nSPS) is 36.6. The Balaban J connectivity index is 1.35. The summed E-state index contributed by atoms with van der Waals surface area (Å²) in [6.07, 6.45) is 10.2. The first-order valence-corrected chi connectivity index (χ1v) is 7.32. The first kappa shape index (κ1) is 11.0. The van der Waals surface area contributed by atoms with Gasteiger partial charge in [-0.1, -0.05) is 19.3 Å². The highest BCUT2D eigenvalue weighted by molar-refractivity contribution is 4.95. The molecule has 3 rings (SSSR count). The van der Waals surface area contributed by atoms with E-state index in [9.17, 15) is 0 Å². The van der Waals surface area contributed by atoms with Gasteiger partial charge in [0, 0.05) is 24.7 Å².